The van der Waals surface area contributed by atoms with E-state index in [0.717, 1.165) is 0 Å². The van der Waals surface area contributed by atoms with Crippen LogP contribution in [0.4, 0.5) is 0 Å². The van der Waals surface area contributed by atoms with E-state index in [1.807, 2.05) is 0 Å². The highest BCUT2D eigenvalue weighted by atomic mass is 127. The van der Waals surface area contributed by atoms with Gasteiger partial charge in [0.05, 0.1) is 0 Å². The molecule has 0 aromatic rings. The number of rotatable bonds is 6. The summed E-state index contributed by atoms with van der Waals surface area (Å²) < 4.78 is 1.33. The molecule has 3 heteroatoms. The Bertz CT molecular complexity index is 115. The second-order valence-corrected chi connectivity index (χ2v) is 5.86. The summed E-state index contributed by atoms with van der Waals surface area (Å²) in [4.78, 5) is 2.63. The Labute approximate surface area is 100 Å². The van der Waals surface area contributed by atoms with Gasteiger partial charge >= 0.3 is 0 Å². The molecule has 1 fully saturated rings. The van der Waals surface area contributed by atoms with E-state index in [4.69, 9.17) is 0 Å². The summed E-state index contributed by atoms with van der Waals surface area (Å²) in [7, 11) is 0. The molecule has 1 aliphatic heterocycles. The lowest BCUT2D eigenvalue weighted by atomic mass is 10.2. The summed E-state index contributed by atoms with van der Waals surface area (Å²) in [5.74, 6) is 2.71. The van der Waals surface area contributed by atoms with Gasteiger partial charge in [0.2, 0.25) is 0 Å². The molecule has 0 atom stereocenters. The quantitative estimate of drug-likeness (QED) is 0.421. The van der Waals surface area contributed by atoms with Crippen molar-refractivity contribution in [3.05, 3.63) is 0 Å². The molecule has 78 valence electrons. The van der Waals surface area contributed by atoms with Crippen molar-refractivity contribution in [2.45, 2.75) is 25.7 Å². The molecule has 1 heterocycles. The topological polar surface area (TPSA) is 3.24 Å². The second-order valence-electron chi connectivity index (χ2n) is 3.56. The van der Waals surface area contributed by atoms with Gasteiger partial charge in [0.15, 0.2) is 0 Å². The summed E-state index contributed by atoms with van der Waals surface area (Å²) in [6.45, 7) is 4.01. The summed E-state index contributed by atoms with van der Waals surface area (Å²) in [5.41, 5.74) is 0. The fraction of sp³-hybridized carbons (Fsp3) is 1.00. The van der Waals surface area contributed by atoms with Crippen LogP contribution in [0.1, 0.15) is 25.7 Å². The number of thioether (sulfide) groups is 1. The molecule has 1 saturated heterocycles. The van der Waals surface area contributed by atoms with E-state index >= 15 is 0 Å². The highest BCUT2D eigenvalue weighted by molar-refractivity contribution is 14.1. The van der Waals surface area contributed by atoms with Gasteiger partial charge in [0.25, 0.3) is 0 Å². The monoisotopic (exact) mass is 313 g/mol. The fourth-order valence-corrected chi connectivity index (χ4v) is 3.13. The van der Waals surface area contributed by atoms with Crippen LogP contribution in [0.5, 0.6) is 0 Å². The van der Waals surface area contributed by atoms with Crippen molar-refractivity contribution in [2.75, 3.05) is 35.6 Å². The zero-order valence-electron chi connectivity index (χ0n) is 8.30. The van der Waals surface area contributed by atoms with Crippen LogP contribution in [0.15, 0.2) is 0 Å². The molecule has 0 saturated carbocycles. The van der Waals surface area contributed by atoms with Crippen molar-refractivity contribution in [3.8, 4) is 0 Å². The Morgan fingerprint density at radius 2 is 1.69 bits per heavy atom. The first-order chi connectivity index (χ1) is 6.43. The van der Waals surface area contributed by atoms with Crippen molar-refractivity contribution in [1.82, 2.24) is 4.90 Å². The number of halogens is 1. The molecule has 13 heavy (non-hydrogen) atoms. The summed E-state index contributed by atoms with van der Waals surface area (Å²) >= 11 is 4.57. The van der Waals surface area contributed by atoms with Crippen LogP contribution in [0, 0.1) is 0 Å². The van der Waals surface area contributed by atoms with E-state index in [9.17, 15) is 0 Å². The third-order valence-electron chi connectivity index (χ3n) is 2.46. The van der Waals surface area contributed by atoms with Crippen LogP contribution in [0.2, 0.25) is 0 Å². The molecule has 0 amide bonds. The summed E-state index contributed by atoms with van der Waals surface area (Å²) in [6, 6.07) is 0. The Kier molecular flexibility index (Phi) is 7.79. The minimum Gasteiger partial charge on any atom is -0.302 e. The molecule has 1 rings (SSSR count). The number of hydrogen-bond donors (Lipinski definition) is 0. The average molecular weight is 313 g/mol. The van der Waals surface area contributed by atoms with Gasteiger partial charge in [-0.25, -0.2) is 0 Å². The van der Waals surface area contributed by atoms with E-state index in [2.05, 4.69) is 39.3 Å². The lowest BCUT2D eigenvalue weighted by Gasteiger charge is -2.25. The SMILES string of the molecule is ICCCCCCN1CCSCC1. The first kappa shape index (κ1) is 12.1. The second kappa shape index (κ2) is 8.36. The number of hydrogen-bond acceptors (Lipinski definition) is 2. The molecule has 0 aromatic carbocycles. The van der Waals surface area contributed by atoms with Crippen molar-refractivity contribution in [3.63, 3.8) is 0 Å². The van der Waals surface area contributed by atoms with Gasteiger partial charge in [-0.2, -0.15) is 11.8 Å². The third-order valence-corrected chi connectivity index (χ3v) is 4.17. The molecular weight excluding hydrogens is 293 g/mol. The first-order valence-corrected chi connectivity index (χ1v) is 7.97. The highest BCUT2D eigenvalue weighted by Crippen LogP contribution is 2.10. The van der Waals surface area contributed by atoms with Crippen LogP contribution < -0.4 is 0 Å². The minimum absolute atomic E-state index is 1.33. The Hall–Kier alpha value is 1.04. The smallest absolute Gasteiger partial charge is 0.00727 e. The molecule has 0 radical (unpaired) electrons. The molecule has 0 spiro atoms. The molecule has 1 aliphatic rings. The maximum Gasteiger partial charge on any atom is 0.00727 e. The van der Waals surface area contributed by atoms with Crippen molar-refractivity contribution < 1.29 is 0 Å². The van der Waals surface area contributed by atoms with Gasteiger partial charge in [0, 0.05) is 24.6 Å². The normalized spacial score (nSPS) is 19.2. The predicted octanol–water partition coefficient (Wildman–Crippen LogP) is 3.03. The largest absolute Gasteiger partial charge is 0.302 e. The Morgan fingerprint density at radius 3 is 2.38 bits per heavy atom. The number of alkyl halides is 1. The van der Waals surface area contributed by atoms with E-state index in [-0.39, 0.29) is 0 Å². The van der Waals surface area contributed by atoms with Crippen LogP contribution in [0.3, 0.4) is 0 Å². The summed E-state index contributed by atoms with van der Waals surface area (Å²) in [6.07, 6.45) is 5.70. The van der Waals surface area contributed by atoms with Gasteiger partial charge in [-0.05, 0) is 23.8 Å². The van der Waals surface area contributed by atoms with E-state index < -0.39 is 0 Å². The van der Waals surface area contributed by atoms with Gasteiger partial charge in [0.1, 0.15) is 0 Å². The standard InChI is InChI=1S/C10H20INS/c11-5-3-1-2-4-6-12-7-9-13-10-8-12/h1-10H2. The zero-order chi connectivity index (χ0) is 9.36. The zero-order valence-corrected chi connectivity index (χ0v) is 11.3. The number of nitrogens with zero attached hydrogens (tertiary/aromatic N) is 1. The Morgan fingerprint density at radius 1 is 1.00 bits per heavy atom. The Balaban J connectivity index is 1.86. The number of unbranched alkanes of at least 4 members (excludes halogenated alkanes) is 3. The van der Waals surface area contributed by atoms with E-state index in [1.165, 1.54) is 61.3 Å². The molecule has 0 bridgehead atoms. The molecular formula is C10H20INS. The third kappa shape index (κ3) is 6.18. The lowest BCUT2D eigenvalue weighted by molar-refractivity contribution is 0.294. The first-order valence-electron chi connectivity index (χ1n) is 5.29. The molecule has 0 unspecified atom stereocenters. The van der Waals surface area contributed by atoms with Crippen molar-refractivity contribution in [1.29, 1.82) is 0 Å². The lowest BCUT2D eigenvalue weighted by Crippen LogP contribution is -2.33. The highest BCUT2D eigenvalue weighted by Gasteiger charge is 2.08. The molecule has 0 aromatic heterocycles. The molecule has 0 N–H and O–H groups in total. The van der Waals surface area contributed by atoms with Crippen LogP contribution in [-0.2, 0) is 0 Å². The van der Waals surface area contributed by atoms with Crippen LogP contribution in [0.25, 0.3) is 0 Å². The van der Waals surface area contributed by atoms with Gasteiger partial charge in [-0.1, -0.05) is 35.4 Å². The van der Waals surface area contributed by atoms with Crippen LogP contribution in [-0.4, -0.2) is 40.5 Å². The van der Waals surface area contributed by atoms with Crippen molar-refractivity contribution >= 4 is 34.4 Å². The molecule has 0 aliphatic carbocycles. The van der Waals surface area contributed by atoms with Gasteiger partial charge in [-0.3, -0.25) is 0 Å². The summed E-state index contributed by atoms with van der Waals surface area (Å²) in [5, 5.41) is 0. The minimum atomic E-state index is 1.33. The van der Waals surface area contributed by atoms with E-state index in [0.29, 0.717) is 0 Å². The van der Waals surface area contributed by atoms with Crippen molar-refractivity contribution in [2.24, 2.45) is 0 Å². The van der Waals surface area contributed by atoms with Gasteiger partial charge < -0.3 is 4.90 Å². The van der Waals surface area contributed by atoms with Gasteiger partial charge in [-0.15, -0.1) is 0 Å². The van der Waals surface area contributed by atoms with E-state index in [1.54, 1.807) is 0 Å². The van der Waals surface area contributed by atoms with Crippen LogP contribution >= 0.6 is 34.4 Å². The average Bonchev–Trinajstić information content (AvgIpc) is 2.19. The fourth-order valence-electron chi connectivity index (χ4n) is 1.61. The maximum atomic E-state index is 2.63. The maximum absolute atomic E-state index is 2.63. The predicted molar refractivity (Wildman–Crippen MR) is 71.1 cm³/mol. The molecule has 1 nitrogen and oxygen atoms in total.